The number of hydrogen-bond acceptors (Lipinski definition) is 4. The number of aromatic nitrogens is 1. The van der Waals surface area contributed by atoms with Gasteiger partial charge in [0.15, 0.2) is 5.58 Å². The number of carboxylic acid groups (broad SMARTS) is 1. The molecule has 0 spiro atoms. The molecule has 0 amide bonds. The number of oxazole rings is 1. The Balaban J connectivity index is 1.79. The zero-order valence-corrected chi connectivity index (χ0v) is 12.1. The third kappa shape index (κ3) is 2.14. The molecule has 3 aromatic rings. The zero-order valence-electron chi connectivity index (χ0n) is 11.3. The largest absolute Gasteiger partial charge is 0.478 e. The summed E-state index contributed by atoms with van der Waals surface area (Å²) in [5, 5.41) is 9.02. The van der Waals surface area contributed by atoms with Crippen LogP contribution in [0.3, 0.4) is 0 Å². The van der Waals surface area contributed by atoms with Gasteiger partial charge in [-0.2, -0.15) is 0 Å². The highest BCUT2D eigenvalue weighted by atomic mass is 32.1. The summed E-state index contributed by atoms with van der Waals surface area (Å²) in [6, 6.07) is 6.93. The number of hydrogen-bond donors (Lipinski definition) is 1. The fraction of sp³-hybridized carbons (Fsp3) is 0.250. The molecule has 0 saturated carbocycles. The maximum Gasteiger partial charge on any atom is 0.335 e. The van der Waals surface area contributed by atoms with Crippen molar-refractivity contribution in [2.45, 2.75) is 25.7 Å². The Hall–Kier alpha value is -2.14. The molecular weight excluding hydrogens is 286 g/mol. The standard InChI is InChI=1S/C16H13NO3S/c18-16(19)10-5-6-12-11(7-10)17-15(20-12)14-8-9-3-1-2-4-13(9)21-14/h5-8H,1-4H2,(H,18,19). The SMILES string of the molecule is O=C(O)c1ccc2oc(-c3cc4c(s3)CCCC4)nc2c1. The predicted molar refractivity (Wildman–Crippen MR) is 80.9 cm³/mol. The van der Waals surface area contributed by atoms with Gasteiger partial charge in [0.1, 0.15) is 5.52 Å². The van der Waals surface area contributed by atoms with E-state index >= 15 is 0 Å². The maximum atomic E-state index is 11.0. The first-order valence-electron chi connectivity index (χ1n) is 6.96. The van der Waals surface area contributed by atoms with Gasteiger partial charge in [0.25, 0.3) is 0 Å². The first-order chi connectivity index (χ1) is 10.2. The van der Waals surface area contributed by atoms with Crippen LogP contribution >= 0.6 is 11.3 Å². The average molecular weight is 299 g/mol. The normalized spacial score (nSPS) is 14.3. The van der Waals surface area contributed by atoms with Crippen LogP contribution in [0.5, 0.6) is 0 Å². The van der Waals surface area contributed by atoms with Crippen molar-refractivity contribution in [3.8, 4) is 10.8 Å². The second-order valence-corrected chi connectivity index (χ2v) is 6.41. The Kier molecular flexibility index (Phi) is 2.82. The van der Waals surface area contributed by atoms with Crippen molar-refractivity contribution in [1.82, 2.24) is 4.98 Å². The van der Waals surface area contributed by atoms with Crippen molar-refractivity contribution in [3.63, 3.8) is 0 Å². The Morgan fingerprint density at radius 2 is 2.10 bits per heavy atom. The van der Waals surface area contributed by atoms with E-state index in [0.29, 0.717) is 17.0 Å². The minimum atomic E-state index is -0.951. The van der Waals surface area contributed by atoms with E-state index in [1.165, 1.54) is 23.3 Å². The van der Waals surface area contributed by atoms with Gasteiger partial charge < -0.3 is 9.52 Å². The van der Waals surface area contributed by atoms with Crippen molar-refractivity contribution in [1.29, 1.82) is 0 Å². The summed E-state index contributed by atoms with van der Waals surface area (Å²) < 4.78 is 5.77. The van der Waals surface area contributed by atoms with Gasteiger partial charge in [0.2, 0.25) is 5.89 Å². The van der Waals surface area contributed by atoms with Gasteiger partial charge in [-0.3, -0.25) is 0 Å². The molecule has 0 aliphatic heterocycles. The van der Waals surface area contributed by atoms with Crippen LogP contribution in [-0.4, -0.2) is 16.1 Å². The van der Waals surface area contributed by atoms with Crippen LogP contribution in [0, 0.1) is 0 Å². The summed E-state index contributed by atoms with van der Waals surface area (Å²) in [6.45, 7) is 0. The number of fused-ring (bicyclic) bond motifs is 2. The van der Waals surface area contributed by atoms with Crippen molar-refractivity contribution in [2.24, 2.45) is 0 Å². The molecule has 0 fully saturated rings. The average Bonchev–Trinajstić information content (AvgIpc) is 3.09. The molecule has 1 aliphatic rings. The number of benzene rings is 1. The van der Waals surface area contributed by atoms with E-state index in [9.17, 15) is 4.79 Å². The highest BCUT2D eigenvalue weighted by Crippen LogP contribution is 2.36. The molecule has 4 nitrogen and oxygen atoms in total. The molecule has 1 aromatic carbocycles. The molecule has 1 aliphatic carbocycles. The topological polar surface area (TPSA) is 63.3 Å². The summed E-state index contributed by atoms with van der Waals surface area (Å²) in [5.41, 5.74) is 2.86. The molecule has 0 bridgehead atoms. The van der Waals surface area contributed by atoms with E-state index in [1.54, 1.807) is 29.5 Å². The molecule has 0 unspecified atom stereocenters. The Morgan fingerprint density at radius 3 is 2.90 bits per heavy atom. The number of aryl methyl sites for hydroxylation is 2. The second-order valence-electron chi connectivity index (χ2n) is 5.27. The monoisotopic (exact) mass is 299 g/mol. The molecule has 0 atom stereocenters. The zero-order chi connectivity index (χ0) is 14.4. The molecule has 0 saturated heterocycles. The van der Waals surface area contributed by atoms with Gasteiger partial charge in [-0.05, 0) is 55.5 Å². The van der Waals surface area contributed by atoms with Gasteiger partial charge in [0.05, 0.1) is 10.4 Å². The smallest absolute Gasteiger partial charge is 0.335 e. The van der Waals surface area contributed by atoms with Crippen molar-refractivity contribution in [3.05, 3.63) is 40.3 Å². The third-order valence-electron chi connectivity index (χ3n) is 3.84. The number of aromatic carboxylic acids is 1. The molecule has 21 heavy (non-hydrogen) atoms. The van der Waals surface area contributed by atoms with Crippen molar-refractivity contribution >= 4 is 28.4 Å². The number of rotatable bonds is 2. The van der Waals surface area contributed by atoms with E-state index < -0.39 is 5.97 Å². The van der Waals surface area contributed by atoms with Gasteiger partial charge in [-0.1, -0.05) is 0 Å². The number of thiophene rings is 1. The summed E-state index contributed by atoms with van der Waals surface area (Å²) in [5.74, 6) is -0.361. The lowest BCUT2D eigenvalue weighted by Crippen LogP contribution is -1.96. The second kappa shape index (κ2) is 4.70. The first-order valence-corrected chi connectivity index (χ1v) is 7.78. The number of nitrogens with zero attached hydrogens (tertiary/aromatic N) is 1. The summed E-state index contributed by atoms with van der Waals surface area (Å²) in [6.07, 6.45) is 4.78. The Bertz CT molecular complexity index is 823. The van der Waals surface area contributed by atoms with Crippen molar-refractivity contribution in [2.75, 3.05) is 0 Å². The summed E-state index contributed by atoms with van der Waals surface area (Å²) in [7, 11) is 0. The van der Waals surface area contributed by atoms with Crippen LogP contribution in [0.4, 0.5) is 0 Å². The lowest BCUT2D eigenvalue weighted by molar-refractivity contribution is 0.0697. The quantitative estimate of drug-likeness (QED) is 0.772. The van der Waals surface area contributed by atoms with E-state index in [-0.39, 0.29) is 5.56 Å². The van der Waals surface area contributed by atoms with Gasteiger partial charge in [0, 0.05) is 4.88 Å². The molecule has 1 N–H and O–H groups in total. The lowest BCUT2D eigenvalue weighted by atomic mass is 9.99. The van der Waals surface area contributed by atoms with E-state index in [0.717, 1.165) is 17.7 Å². The van der Waals surface area contributed by atoms with Crippen LogP contribution in [0.15, 0.2) is 28.7 Å². The van der Waals surface area contributed by atoms with Crippen LogP contribution in [0.1, 0.15) is 33.6 Å². The van der Waals surface area contributed by atoms with E-state index in [4.69, 9.17) is 9.52 Å². The van der Waals surface area contributed by atoms with Crippen LogP contribution < -0.4 is 0 Å². The molecule has 2 aromatic heterocycles. The minimum absolute atomic E-state index is 0.229. The number of carboxylic acids is 1. The van der Waals surface area contributed by atoms with Crippen LogP contribution in [0.2, 0.25) is 0 Å². The van der Waals surface area contributed by atoms with E-state index in [2.05, 4.69) is 11.1 Å². The highest BCUT2D eigenvalue weighted by molar-refractivity contribution is 7.15. The van der Waals surface area contributed by atoms with E-state index in [1.807, 2.05) is 0 Å². The molecule has 5 heteroatoms. The molecule has 2 heterocycles. The van der Waals surface area contributed by atoms with Gasteiger partial charge in [-0.15, -0.1) is 11.3 Å². The Morgan fingerprint density at radius 1 is 1.24 bits per heavy atom. The molecule has 4 rings (SSSR count). The van der Waals surface area contributed by atoms with Crippen LogP contribution in [-0.2, 0) is 12.8 Å². The third-order valence-corrected chi connectivity index (χ3v) is 5.07. The molecule has 0 radical (unpaired) electrons. The summed E-state index contributed by atoms with van der Waals surface area (Å²) >= 11 is 1.74. The highest BCUT2D eigenvalue weighted by Gasteiger charge is 2.18. The number of carbonyl (C=O) groups is 1. The maximum absolute atomic E-state index is 11.0. The minimum Gasteiger partial charge on any atom is -0.478 e. The lowest BCUT2D eigenvalue weighted by Gasteiger charge is -2.08. The van der Waals surface area contributed by atoms with Gasteiger partial charge in [-0.25, -0.2) is 9.78 Å². The Labute approximate surface area is 125 Å². The van der Waals surface area contributed by atoms with Gasteiger partial charge >= 0.3 is 5.97 Å². The molecular formula is C16H13NO3S. The fourth-order valence-electron chi connectivity index (χ4n) is 2.76. The first kappa shape index (κ1) is 12.6. The predicted octanol–water partition coefficient (Wildman–Crippen LogP) is 4.13. The summed E-state index contributed by atoms with van der Waals surface area (Å²) in [4.78, 5) is 17.9. The van der Waals surface area contributed by atoms with Crippen LogP contribution in [0.25, 0.3) is 21.9 Å². The van der Waals surface area contributed by atoms with Crippen molar-refractivity contribution < 1.29 is 14.3 Å². The molecule has 106 valence electrons. The fourth-order valence-corrected chi connectivity index (χ4v) is 3.94.